The van der Waals surface area contributed by atoms with Crippen LogP contribution >= 0.6 is 23.8 Å². The van der Waals surface area contributed by atoms with E-state index in [0.717, 1.165) is 13.0 Å². The van der Waals surface area contributed by atoms with Crippen molar-refractivity contribution in [2.24, 2.45) is 5.73 Å². The van der Waals surface area contributed by atoms with E-state index >= 15 is 0 Å². The van der Waals surface area contributed by atoms with Gasteiger partial charge in [-0.15, -0.1) is 0 Å². The summed E-state index contributed by atoms with van der Waals surface area (Å²) >= 11 is 10.8. The van der Waals surface area contributed by atoms with Gasteiger partial charge in [0.1, 0.15) is 9.88 Å². The Morgan fingerprint density at radius 3 is 2.80 bits per heavy atom. The first-order chi connectivity index (χ1) is 9.29. The van der Waals surface area contributed by atoms with Crippen molar-refractivity contribution in [3.63, 3.8) is 0 Å². The average Bonchev–Trinajstić information content (AvgIpc) is 2.73. The Morgan fingerprint density at radius 1 is 1.55 bits per heavy atom. The molecule has 3 N–H and O–H groups in total. The second-order valence-electron chi connectivity index (χ2n) is 4.88. The molecule has 0 saturated carbocycles. The van der Waals surface area contributed by atoms with Crippen molar-refractivity contribution in [2.45, 2.75) is 17.4 Å². The van der Waals surface area contributed by atoms with E-state index in [1.54, 1.807) is 6.07 Å². The van der Waals surface area contributed by atoms with Crippen molar-refractivity contribution in [1.29, 1.82) is 0 Å². The molecule has 1 fully saturated rings. The van der Waals surface area contributed by atoms with E-state index < -0.39 is 10.0 Å². The maximum Gasteiger partial charge on any atom is 0.242 e. The van der Waals surface area contributed by atoms with Crippen molar-refractivity contribution in [2.75, 3.05) is 20.1 Å². The summed E-state index contributed by atoms with van der Waals surface area (Å²) in [6.45, 7) is 1.56. The number of halogens is 1. The highest BCUT2D eigenvalue weighted by Crippen LogP contribution is 2.23. The predicted octanol–water partition coefficient (Wildman–Crippen LogP) is 0.957. The molecular weight excluding hydrogens is 318 g/mol. The minimum Gasteiger partial charge on any atom is -0.389 e. The van der Waals surface area contributed by atoms with Gasteiger partial charge in [0.2, 0.25) is 10.0 Å². The number of sulfonamides is 1. The van der Waals surface area contributed by atoms with Crippen LogP contribution in [-0.2, 0) is 10.0 Å². The molecule has 1 aromatic rings. The summed E-state index contributed by atoms with van der Waals surface area (Å²) in [5, 5.41) is 0.156. The van der Waals surface area contributed by atoms with E-state index in [-0.39, 0.29) is 20.9 Å². The molecular formula is C12H16ClN3O2S2. The van der Waals surface area contributed by atoms with Crippen molar-refractivity contribution >= 4 is 38.8 Å². The summed E-state index contributed by atoms with van der Waals surface area (Å²) in [6.07, 6.45) is 0.780. The Bertz CT molecular complexity index is 634. The van der Waals surface area contributed by atoms with Crippen LogP contribution in [0.25, 0.3) is 0 Å². The molecule has 0 bridgehead atoms. The van der Waals surface area contributed by atoms with Crippen molar-refractivity contribution in [3.05, 3.63) is 28.8 Å². The minimum atomic E-state index is -3.68. The number of rotatable bonds is 4. The van der Waals surface area contributed by atoms with Crippen LogP contribution in [0.4, 0.5) is 0 Å². The van der Waals surface area contributed by atoms with Gasteiger partial charge in [0.15, 0.2) is 0 Å². The molecule has 0 aromatic heterocycles. The van der Waals surface area contributed by atoms with Crippen LogP contribution in [0.3, 0.4) is 0 Å². The molecule has 20 heavy (non-hydrogen) atoms. The lowest BCUT2D eigenvalue weighted by Gasteiger charge is -2.14. The first-order valence-corrected chi connectivity index (χ1v) is 8.37. The molecule has 1 saturated heterocycles. The molecule has 1 atom stereocenters. The number of likely N-dealkylation sites (tertiary alicyclic amines) is 1. The molecule has 1 aliphatic rings. The fraction of sp³-hybridized carbons (Fsp3) is 0.417. The maximum absolute atomic E-state index is 12.4. The van der Waals surface area contributed by atoms with Gasteiger partial charge >= 0.3 is 0 Å². The van der Waals surface area contributed by atoms with Crippen molar-refractivity contribution in [3.8, 4) is 0 Å². The van der Waals surface area contributed by atoms with Gasteiger partial charge in [0.25, 0.3) is 0 Å². The maximum atomic E-state index is 12.4. The van der Waals surface area contributed by atoms with Gasteiger partial charge in [-0.3, -0.25) is 0 Å². The molecule has 2 rings (SSSR count). The quantitative estimate of drug-likeness (QED) is 0.803. The summed E-state index contributed by atoms with van der Waals surface area (Å²) in [4.78, 5) is 2.22. The molecule has 110 valence electrons. The fourth-order valence-corrected chi connectivity index (χ4v) is 4.09. The summed E-state index contributed by atoms with van der Waals surface area (Å²) in [7, 11) is -1.72. The molecule has 1 heterocycles. The van der Waals surface area contributed by atoms with E-state index in [0.29, 0.717) is 12.1 Å². The average molecular weight is 334 g/mol. The smallest absolute Gasteiger partial charge is 0.242 e. The van der Waals surface area contributed by atoms with E-state index in [4.69, 9.17) is 29.6 Å². The van der Waals surface area contributed by atoms with Crippen LogP contribution in [-0.4, -0.2) is 44.5 Å². The number of likely N-dealkylation sites (N-methyl/N-ethyl adjacent to an activating group) is 1. The number of nitrogens with zero attached hydrogens (tertiary/aromatic N) is 1. The Morgan fingerprint density at radius 2 is 2.25 bits per heavy atom. The third-order valence-electron chi connectivity index (χ3n) is 3.22. The summed E-state index contributed by atoms with van der Waals surface area (Å²) in [5.74, 6) is 0. The molecule has 1 aromatic carbocycles. The molecule has 0 aliphatic carbocycles. The van der Waals surface area contributed by atoms with Gasteiger partial charge in [-0.05, 0) is 32.1 Å². The van der Waals surface area contributed by atoms with Gasteiger partial charge < -0.3 is 10.6 Å². The molecule has 0 amide bonds. The van der Waals surface area contributed by atoms with Crippen molar-refractivity contribution in [1.82, 2.24) is 9.62 Å². The normalized spacial score (nSPS) is 20.2. The van der Waals surface area contributed by atoms with Crippen LogP contribution in [0.1, 0.15) is 12.0 Å². The van der Waals surface area contributed by atoms with Gasteiger partial charge in [-0.25, -0.2) is 13.1 Å². The van der Waals surface area contributed by atoms with Crippen LogP contribution in [0, 0.1) is 0 Å². The Hall–Kier alpha value is -0.730. The van der Waals surface area contributed by atoms with Crippen LogP contribution in [0.15, 0.2) is 23.1 Å². The summed E-state index contributed by atoms with van der Waals surface area (Å²) in [6, 6.07) is 4.40. The number of benzene rings is 1. The Kier molecular flexibility index (Phi) is 4.66. The molecule has 0 radical (unpaired) electrons. The lowest BCUT2D eigenvalue weighted by molar-refractivity contribution is 0.407. The molecule has 0 spiro atoms. The number of hydrogen-bond donors (Lipinski definition) is 2. The van der Waals surface area contributed by atoms with E-state index in [1.807, 2.05) is 7.05 Å². The Balaban J connectivity index is 2.29. The largest absolute Gasteiger partial charge is 0.389 e. The number of nitrogens with one attached hydrogen (secondary N) is 1. The van der Waals surface area contributed by atoms with E-state index in [9.17, 15) is 8.42 Å². The van der Waals surface area contributed by atoms with E-state index in [2.05, 4.69) is 9.62 Å². The number of nitrogens with two attached hydrogens (primary N) is 1. The molecule has 1 aliphatic heterocycles. The highest BCUT2D eigenvalue weighted by molar-refractivity contribution is 7.89. The predicted molar refractivity (Wildman–Crippen MR) is 83.6 cm³/mol. The minimum absolute atomic E-state index is 0.0130. The summed E-state index contributed by atoms with van der Waals surface area (Å²) < 4.78 is 27.5. The van der Waals surface area contributed by atoms with Crippen molar-refractivity contribution < 1.29 is 8.42 Å². The third-order valence-corrected chi connectivity index (χ3v) is 5.46. The van der Waals surface area contributed by atoms with Gasteiger partial charge in [-0.1, -0.05) is 29.9 Å². The summed E-state index contributed by atoms with van der Waals surface area (Å²) in [5.41, 5.74) is 6.00. The van der Waals surface area contributed by atoms with Crippen LogP contribution < -0.4 is 10.5 Å². The highest BCUT2D eigenvalue weighted by Gasteiger charge is 2.27. The zero-order valence-electron chi connectivity index (χ0n) is 11.0. The van der Waals surface area contributed by atoms with Crippen LogP contribution in [0.2, 0.25) is 5.02 Å². The third kappa shape index (κ3) is 3.48. The first kappa shape index (κ1) is 15.7. The van der Waals surface area contributed by atoms with Gasteiger partial charge in [-0.2, -0.15) is 0 Å². The molecule has 5 nitrogen and oxygen atoms in total. The fourth-order valence-electron chi connectivity index (χ4n) is 2.18. The van der Waals surface area contributed by atoms with Crippen LogP contribution in [0.5, 0.6) is 0 Å². The first-order valence-electron chi connectivity index (χ1n) is 6.10. The monoisotopic (exact) mass is 333 g/mol. The number of thiocarbonyl (C=S) groups is 1. The highest BCUT2D eigenvalue weighted by atomic mass is 35.5. The zero-order valence-corrected chi connectivity index (χ0v) is 13.4. The zero-order chi connectivity index (χ0) is 14.9. The second-order valence-corrected chi connectivity index (χ2v) is 7.41. The van der Waals surface area contributed by atoms with Gasteiger partial charge in [0.05, 0.1) is 5.02 Å². The molecule has 8 heteroatoms. The SMILES string of the molecule is CN1CCC(NS(=O)(=O)c2cc(C(N)=S)ccc2Cl)C1. The topological polar surface area (TPSA) is 75.4 Å². The molecule has 1 unspecified atom stereocenters. The lowest BCUT2D eigenvalue weighted by Crippen LogP contribution is -2.36. The lowest BCUT2D eigenvalue weighted by atomic mass is 10.2. The number of hydrogen-bond acceptors (Lipinski definition) is 4. The standard InChI is InChI=1S/C12H16ClN3O2S2/c1-16-5-4-9(7-16)15-20(17,18)11-6-8(12(14)19)2-3-10(11)13/h2-3,6,9,15H,4-5,7H2,1H3,(H2,14,19). The van der Waals surface area contributed by atoms with E-state index in [1.165, 1.54) is 12.1 Å². The second kappa shape index (κ2) is 5.95. The van der Waals surface area contributed by atoms with Gasteiger partial charge in [0, 0.05) is 18.2 Å². The Labute approximate surface area is 129 Å².